The molecule has 0 atom stereocenters. The summed E-state index contributed by atoms with van der Waals surface area (Å²) in [5.41, 5.74) is 0.888. The molecule has 2 amide bonds. The quantitative estimate of drug-likeness (QED) is 0.645. The van der Waals surface area contributed by atoms with Crippen LogP contribution in [0.15, 0.2) is 42.5 Å². The minimum absolute atomic E-state index is 0.0443. The number of rotatable bonds is 7. The Morgan fingerprint density at radius 3 is 2.12 bits per heavy atom. The molecule has 1 saturated heterocycles. The number of carbonyl (C=O) groups is 2. The number of carbonyl (C=O) groups excluding carboxylic acids is 2. The molecular weight excluding hydrogens is 436 g/mol. The van der Waals surface area contributed by atoms with Gasteiger partial charge in [0.25, 0.3) is 5.91 Å². The van der Waals surface area contributed by atoms with Crippen LogP contribution in [0.25, 0.3) is 0 Å². The van der Waals surface area contributed by atoms with Crippen molar-refractivity contribution in [3.05, 3.63) is 53.6 Å². The molecule has 34 heavy (non-hydrogen) atoms. The fraction of sp³-hybridized carbons (Fsp3) is 0.462. The Labute approximate surface area is 201 Å². The summed E-state index contributed by atoms with van der Waals surface area (Å²) in [6.07, 6.45) is 0.979. The lowest BCUT2D eigenvalue weighted by molar-refractivity contribution is 0.0199. The molecule has 1 heterocycles. The van der Waals surface area contributed by atoms with Crippen LogP contribution in [0.4, 0.5) is 4.79 Å². The van der Waals surface area contributed by atoms with E-state index in [0.29, 0.717) is 55.4 Å². The van der Waals surface area contributed by atoms with Gasteiger partial charge in [-0.3, -0.25) is 4.79 Å². The van der Waals surface area contributed by atoms with Crippen LogP contribution in [-0.4, -0.2) is 55.9 Å². The summed E-state index contributed by atoms with van der Waals surface area (Å²) in [4.78, 5) is 26.9. The Kier molecular flexibility index (Phi) is 8.26. The molecular formula is C26H34N2O6. The van der Waals surface area contributed by atoms with E-state index in [1.54, 1.807) is 17.0 Å². The molecule has 0 radical (unpaired) electrons. The van der Waals surface area contributed by atoms with Crippen molar-refractivity contribution in [2.45, 2.75) is 51.9 Å². The Bertz CT molecular complexity index is 954. The first-order chi connectivity index (χ1) is 16.2. The van der Waals surface area contributed by atoms with Gasteiger partial charge in [0.15, 0.2) is 11.5 Å². The maximum absolute atomic E-state index is 13.0. The molecule has 8 nitrogen and oxygen atoms in total. The van der Waals surface area contributed by atoms with Crippen LogP contribution in [-0.2, 0) is 11.3 Å². The Morgan fingerprint density at radius 2 is 1.59 bits per heavy atom. The molecule has 2 aromatic rings. The van der Waals surface area contributed by atoms with E-state index in [1.165, 1.54) is 14.2 Å². The lowest BCUT2D eigenvalue weighted by Crippen LogP contribution is -2.47. The summed E-state index contributed by atoms with van der Waals surface area (Å²) in [7, 11) is 3.05. The highest BCUT2D eigenvalue weighted by Crippen LogP contribution is 2.39. The van der Waals surface area contributed by atoms with Crippen LogP contribution < -0.4 is 19.5 Å². The van der Waals surface area contributed by atoms with E-state index < -0.39 is 5.60 Å². The number of amides is 2. The monoisotopic (exact) mass is 470 g/mol. The fourth-order valence-corrected chi connectivity index (χ4v) is 3.68. The van der Waals surface area contributed by atoms with Gasteiger partial charge in [-0.2, -0.15) is 0 Å². The van der Waals surface area contributed by atoms with Gasteiger partial charge in [-0.25, -0.2) is 4.79 Å². The zero-order valence-electron chi connectivity index (χ0n) is 20.6. The number of benzene rings is 2. The number of nitrogens with one attached hydrogen (secondary N) is 1. The maximum Gasteiger partial charge on any atom is 0.410 e. The summed E-state index contributed by atoms with van der Waals surface area (Å²) in [5.74, 6) is 1.04. The van der Waals surface area contributed by atoms with E-state index in [1.807, 2.05) is 51.1 Å². The number of likely N-dealkylation sites (tertiary alicyclic amines) is 1. The first kappa shape index (κ1) is 25.2. The van der Waals surface area contributed by atoms with Crippen molar-refractivity contribution in [2.75, 3.05) is 27.3 Å². The number of nitrogens with zero attached hydrogens (tertiary/aromatic N) is 1. The topological polar surface area (TPSA) is 86.3 Å². The highest BCUT2D eigenvalue weighted by Gasteiger charge is 2.28. The van der Waals surface area contributed by atoms with Gasteiger partial charge in [0, 0.05) is 24.7 Å². The van der Waals surface area contributed by atoms with Gasteiger partial charge < -0.3 is 29.2 Å². The number of methoxy groups -OCH3 is 2. The minimum Gasteiger partial charge on any atom is -0.493 e. The van der Waals surface area contributed by atoms with E-state index in [2.05, 4.69) is 5.32 Å². The van der Waals surface area contributed by atoms with Crippen LogP contribution in [0.2, 0.25) is 0 Å². The molecule has 0 aromatic heterocycles. The van der Waals surface area contributed by atoms with Crippen molar-refractivity contribution in [3.8, 4) is 17.2 Å². The maximum atomic E-state index is 13.0. The van der Waals surface area contributed by atoms with Gasteiger partial charge in [0.05, 0.1) is 14.2 Å². The van der Waals surface area contributed by atoms with Crippen molar-refractivity contribution in [1.82, 2.24) is 10.2 Å². The molecule has 0 saturated carbocycles. The highest BCUT2D eigenvalue weighted by molar-refractivity contribution is 5.95. The minimum atomic E-state index is -0.531. The molecule has 1 aliphatic heterocycles. The Balaban J connectivity index is 1.63. The first-order valence-electron chi connectivity index (χ1n) is 11.4. The van der Waals surface area contributed by atoms with Crippen LogP contribution in [0.1, 0.15) is 49.5 Å². The van der Waals surface area contributed by atoms with Crippen molar-refractivity contribution in [3.63, 3.8) is 0 Å². The first-order valence-corrected chi connectivity index (χ1v) is 11.4. The summed E-state index contributed by atoms with van der Waals surface area (Å²) in [6, 6.07) is 13.0. The molecule has 8 heteroatoms. The molecule has 1 fully saturated rings. The van der Waals surface area contributed by atoms with Gasteiger partial charge in [-0.1, -0.05) is 30.3 Å². The standard InChI is InChI=1S/C26H34N2O6/c1-26(2,3)34-25(30)28-13-11-20(12-14-28)27-24(29)19-15-21(31-4)23(22(16-19)32-5)33-17-18-9-7-6-8-10-18/h6-10,15-16,20H,11-14,17H2,1-5H3,(H,27,29). The molecule has 1 N–H and O–H groups in total. The smallest absolute Gasteiger partial charge is 0.410 e. The predicted molar refractivity (Wildman–Crippen MR) is 129 cm³/mol. The number of ether oxygens (including phenoxy) is 4. The molecule has 184 valence electrons. The van der Waals surface area contributed by atoms with Crippen LogP contribution >= 0.6 is 0 Å². The van der Waals surface area contributed by atoms with Gasteiger partial charge in [-0.15, -0.1) is 0 Å². The fourth-order valence-electron chi connectivity index (χ4n) is 3.68. The predicted octanol–water partition coefficient (Wildman–Crippen LogP) is 4.41. The van der Waals surface area contributed by atoms with Crippen molar-refractivity contribution < 1.29 is 28.5 Å². The van der Waals surface area contributed by atoms with E-state index in [9.17, 15) is 9.59 Å². The Hall–Kier alpha value is -3.42. The zero-order chi connectivity index (χ0) is 24.7. The second-order valence-corrected chi connectivity index (χ2v) is 9.20. The SMILES string of the molecule is COc1cc(C(=O)NC2CCN(C(=O)OC(C)(C)C)CC2)cc(OC)c1OCc1ccccc1. The lowest BCUT2D eigenvalue weighted by atomic mass is 10.0. The van der Waals surface area contributed by atoms with Crippen LogP contribution in [0, 0.1) is 0 Å². The molecule has 3 rings (SSSR count). The van der Waals surface area contributed by atoms with Crippen LogP contribution in [0.5, 0.6) is 17.2 Å². The lowest BCUT2D eigenvalue weighted by Gasteiger charge is -2.33. The number of piperidine rings is 1. The van der Waals surface area contributed by atoms with E-state index in [4.69, 9.17) is 18.9 Å². The summed E-state index contributed by atoms with van der Waals surface area (Å²) >= 11 is 0. The van der Waals surface area contributed by atoms with Gasteiger partial charge in [0.1, 0.15) is 12.2 Å². The third-order valence-corrected chi connectivity index (χ3v) is 5.43. The van der Waals surface area contributed by atoms with Gasteiger partial charge >= 0.3 is 6.09 Å². The molecule has 0 aliphatic carbocycles. The van der Waals surface area contributed by atoms with E-state index in [0.717, 1.165) is 5.56 Å². The van der Waals surface area contributed by atoms with Crippen molar-refractivity contribution >= 4 is 12.0 Å². The Morgan fingerprint density at radius 1 is 1.00 bits per heavy atom. The zero-order valence-corrected chi connectivity index (χ0v) is 20.6. The number of hydrogen-bond donors (Lipinski definition) is 1. The molecule has 1 aliphatic rings. The average Bonchev–Trinajstić information content (AvgIpc) is 2.82. The van der Waals surface area contributed by atoms with E-state index >= 15 is 0 Å². The largest absolute Gasteiger partial charge is 0.493 e. The van der Waals surface area contributed by atoms with E-state index in [-0.39, 0.29) is 18.0 Å². The third-order valence-electron chi connectivity index (χ3n) is 5.43. The third kappa shape index (κ3) is 6.79. The van der Waals surface area contributed by atoms with Crippen molar-refractivity contribution in [2.24, 2.45) is 0 Å². The van der Waals surface area contributed by atoms with Crippen molar-refractivity contribution in [1.29, 1.82) is 0 Å². The normalized spacial score (nSPS) is 14.3. The number of hydrogen-bond acceptors (Lipinski definition) is 6. The van der Waals surface area contributed by atoms with Crippen LogP contribution in [0.3, 0.4) is 0 Å². The van der Waals surface area contributed by atoms with Gasteiger partial charge in [-0.05, 0) is 51.3 Å². The summed E-state index contributed by atoms with van der Waals surface area (Å²) in [6.45, 7) is 6.93. The molecule has 2 aromatic carbocycles. The second kappa shape index (κ2) is 11.1. The summed E-state index contributed by atoms with van der Waals surface area (Å²) < 4.78 is 22.4. The average molecular weight is 471 g/mol. The van der Waals surface area contributed by atoms with Gasteiger partial charge in [0.2, 0.25) is 5.75 Å². The molecule has 0 spiro atoms. The highest BCUT2D eigenvalue weighted by atomic mass is 16.6. The second-order valence-electron chi connectivity index (χ2n) is 9.20. The molecule has 0 bridgehead atoms. The summed E-state index contributed by atoms with van der Waals surface area (Å²) in [5, 5.41) is 3.05. The molecule has 0 unspecified atom stereocenters.